The molecule has 1 fully saturated rings. The minimum absolute atomic E-state index is 0.0754. The number of pyridine rings is 1. The summed E-state index contributed by atoms with van der Waals surface area (Å²) in [7, 11) is 0. The predicted octanol–water partition coefficient (Wildman–Crippen LogP) is 3.96. The van der Waals surface area contributed by atoms with Gasteiger partial charge in [0.1, 0.15) is 0 Å². The van der Waals surface area contributed by atoms with Gasteiger partial charge in [-0.25, -0.2) is 0 Å². The molecule has 1 aliphatic carbocycles. The molecule has 122 valence electrons. The lowest BCUT2D eigenvalue weighted by Crippen LogP contribution is -2.31. The van der Waals surface area contributed by atoms with Crippen LogP contribution in [0.25, 0.3) is 0 Å². The molecule has 0 saturated heterocycles. The Balaban J connectivity index is 1.90. The first-order valence-corrected chi connectivity index (χ1v) is 8.76. The van der Waals surface area contributed by atoms with E-state index in [1.165, 1.54) is 24.8 Å². The average molecular weight is 310 g/mol. The Morgan fingerprint density at radius 1 is 1.13 bits per heavy atom. The monoisotopic (exact) mass is 310 g/mol. The second kappa shape index (κ2) is 7.14. The molecule has 3 heteroatoms. The minimum atomic E-state index is -0.357. The van der Waals surface area contributed by atoms with Crippen LogP contribution < -0.4 is 11.3 Å². The lowest BCUT2D eigenvalue weighted by atomic mass is 9.94. The maximum atomic E-state index is 12.9. The summed E-state index contributed by atoms with van der Waals surface area (Å²) in [6, 6.07) is 12.1. The molecular formula is C20H26N2O. The summed E-state index contributed by atoms with van der Waals surface area (Å²) in [5.74, 6) is 0. The van der Waals surface area contributed by atoms with Crippen molar-refractivity contribution in [1.82, 2.24) is 4.57 Å². The van der Waals surface area contributed by atoms with Crippen LogP contribution in [0.2, 0.25) is 0 Å². The van der Waals surface area contributed by atoms with E-state index in [1.54, 1.807) is 0 Å². The van der Waals surface area contributed by atoms with Crippen molar-refractivity contribution in [2.75, 3.05) is 0 Å². The molecule has 0 radical (unpaired) electrons. The van der Waals surface area contributed by atoms with Crippen LogP contribution in [0.3, 0.4) is 0 Å². The molecule has 2 N–H and O–H groups in total. The van der Waals surface area contributed by atoms with Crippen LogP contribution in [-0.2, 0) is 6.42 Å². The molecule has 1 saturated carbocycles. The molecule has 1 aromatic carbocycles. The van der Waals surface area contributed by atoms with Gasteiger partial charge in [0.15, 0.2) is 0 Å². The Labute approximate surface area is 138 Å². The van der Waals surface area contributed by atoms with Crippen molar-refractivity contribution < 1.29 is 0 Å². The Morgan fingerprint density at radius 2 is 1.83 bits per heavy atom. The van der Waals surface area contributed by atoms with Crippen molar-refractivity contribution in [3.8, 4) is 0 Å². The first-order chi connectivity index (χ1) is 11.2. The Hall–Kier alpha value is -1.87. The predicted molar refractivity (Wildman–Crippen MR) is 94.7 cm³/mol. The normalized spacial score (nSPS) is 17.1. The molecule has 0 amide bonds. The molecule has 2 aromatic rings. The summed E-state index contributed by atoms with van der Waals surface area (Å²) in [4.78, 5) is 12.9. The quantitative estimate of drug-likeness (QED) is 0.929. The molecular weight excluding hydrogens is 284 g/mol. The van der Waals surface area contributed by atoms with Crippen molar-refractivity contribution in [3.05, 3.63) is 69.6 Å². The Morgan fingerprint density at radius 3 is 2.48 bits per heavy atom. The number of benzene rings is 1. The molecule has 1 unspecified atom stereocenters. The SMILES string of the molecule is CCc1ccc(C(N)c2cccn(C3CCCCC3)c2=O)cc1. The molecule has 0 bridgehead atoms. The summed E-state index contributed by atoms with van der Waals surface area (Å²) < 4.78 is 1.91. The van der Waals surface area contributed by atoms with Gasteiger partial charge in [-0.1, -0.05) is 56.5 Å². The largest absolute Gasteiger partial charge is 0.320 e. The van der Waals surface area contributed by atoms with E-state index in [9.17, 15) is 4.79 Å². The lowest BCUT2D eigenvalue weighted by Gasteiger charge is -2.25. The molecule has 3 nitrogen and oxygen atoms in total. The van der Waals surface area contributed by atoms with Gasteiger partial charge >= 0.3 is 0 Å². The summed E-state index contributed by atoms with van der Waals surface area (Å²) in [5, 5.41) is 0. The van der Waals surface area contributed by atoms with Crippen molar-refractivity contribution in [1.29, 1.82) is 0 Å². The molecule has 1 aromatic heterocycles. The molecule has 0 aliphatic heterocycles. The van der Waals surface area contributed by atoms with Crippen LogP contribution in [0.4, 0.5) is 0 Å². The smallest absolute Gasteiger partial charge is 0.255 e. The second-order valence-corrected chi connectivity index (χ2v) is 6.54. The van der Waals surface area contributed by atoms with Crippen LogP contribution in [0.5, 0.6) is 0 Å². The van der Waals surface area contributed by atoms with E-state index in [1.807, 2.05) is 35.0 Å². The third kappa shape index (κ3) is 3.40. The minimum Gasteiger partial charge on any atom is -0.320 e. The molecule has 1 heterocycles. The van der Waals surface area contributed by atoms with E-state index >= 15 is 0 Å². The first kappa shape index (κ1) is 16.0. The molecule has 1 aliphatic rings. The van der Waals surface area contributed by atoms with Gasteiger partial charge in [0.2, 0.25) is 0 Å². The summed E-state index contributed by atoms with van der Waals surface area (Å²) in [6.07, 6.45) is 8.85. The number of aromatic nitrogens is 1. The van der Waals surface area contributed by atoms with Crippen molar-refractivity contribution in [2.45, 2.75) is 57.5 Å². The van der Waals surface area contributed by atoms with Crippen molar-refractivity contribution >= 4 is 0 Å². The number of nitrogens with two attached hydrogens (primary N) is 1. The highest BCUT2D eigenvalue weighted by molar-refractivity contribution is 5.32. The second-order valence-electron chi connectivity index (χ2n) is 6.54. The zero-order valence-electron chi connectivity index (χ0n) is 13.9. The van der Waals surface area contributed by atoms with E-state index in [2.05, 4.69) is 19.1 Å². The van der Waals surface area contributed by atoms with E-state index in [4.69, 9.17) is 5.73 Å². The van der Waals surface area contributed by atoms with Gasteiger partial charge in [-0.3, -0.25) is 4.79 Å². The molecule has 1 atom stereocenters. The molecule has 0 spiro atoms. The molecule has 23 heavy (non-hydrogen) atoms. The van der Waals surface area contributed by atoms with Crippen molar-refractivity contribution in [3.63, 3.8) is 0 Å². The number of rotatable bonds is 4. The highest BCUT2D eigenvalue weighted by Crippen LogP contribution is 2.27. The van der Waals surface area contributed by atoms with Crippen LogP contribution in [0.1, 0.15) is 67.8 Å². The maximum Gasteiger partial charge on any atom is 0.255 e. The zero-order chi connectivity index (χ0) is 16.2. The van der Waals surface area contributed by atoms with Gasteiger partial charge in [0.25, 0.3) is 5.56 Å². The van der Waals surface area contributed by atoms with E-state index in [0.29, 0.717) is 11.6 Å². The summed E-state index contributed by atoms with van der Waals surface area (Å²) in [6.45, 7) is 2.13. The third-order valence-electron chi connectivity index (χ3n) is 5.05. The average Bonchev–Trinajstić information content (AvgIpc) is 2.62. The number of nitrogens with zero attached hydrogens (tertiary/aromatic N) is 1. The molecule has 3 rings (SSSR count). The van der Waals surface area contributed by atoms with Gasteiger partial charge in [0.05, 0.1) is 6.04 Å². The Bertz CT molecular complexity index is 696. The number of aryl methyl sites for hydroxylation is 1. The first-order valence-electron chi connectivity index (χ1n) is 8.76. The van der Waals surface area contributed by atoms with Crippen LogP contribution in [-0.4, -0.2) is 4.57 Å². The fourth-order valence-electron chi connectivity index (χ4n) is 3.55. The highest BCUT2D eigenvalue weighted by Gasteiger charge is 2.19. The van der Waals surface area contributed by atoms with Crippen LogP contribution >= 0.6 is 0 Å². The highest BCUT2D eigenvalue weighted by atomic mass is 16.1. The number of hydrogen-bond acceptors (Lipinski definition) is 2. The summed E-state index contributed by atoms with van der Waals surface area (Å²) in [5.41, 5.74) is 9.45. The van der Waals surface area contributed by atoms with E-state index in [-0.39, 0.29) is 11.6 Å². The fourth-order valence-corrected chi connectivity index (χ4v) is 3.55. The van der Waals surface area contributed by atoms with Gasteiger partial charge < -0.3 is 10.3 Å². The zero-order valence-corrected chi connectivity index (χ0v) is 13.9. The van der Waals surface area contributed by atoms with Crippen LogP contribution in [0, 0.1) is 0 Å². The van der Waals surface area contributed by atoms with E-state index < -0.39 is 0 Å². The maximum absolute atomic E-state index is 12.9. The van der Waals surface area contributed by atoms with Crippen LogP contribution in [0.15, 0.2) is 47.4 Å². The Kier molecular flexibility index (Phi) is 4.97. The van der Waals surface area contributed by atoms with Crippen molar-refractivity contribution in [2.24, 2.45) is 5.73 Å². The van der Waals surface area contributed by atoms with Gasteiger partial charge in [-0.05, 0) is 36.5 Å². The van der Waals surface area contributed by atoms with Gasteiger partial charge in [-0.15, -0.1) is 0 Å². The van der Waals surface area contributed by atoms with Gasteiger partial charge in [0, 0.05) is 17.8 Å². The fraction of sp³-hybridized carbons (Fsp3) is 0.450. The standard InChI is InChI=1S/C20H26N2O/c1-2-15-10-12-16(13-11-15)19(21)18-9-6-14-22(20(18)23)17-7-4-3-5-8-17/h6,9-14,17,19H,2-5,7-8,21H2,1H3. The van der Waals surface area contributed by atoms with E-state index in [0.717, 1.165) is 24.8 Å². The lowest BCUT2D eigenvalue weighted by molar-refractivity contribution is 0.345. The van der Waals surface area contributed by atoms with Gasteiger partial charge in [-0.2, -0.15) is 0 Å². The summed E-state index contributed by atoms with van der Waals surface area (Å²) >= 11 is 0. The number of hydrogen-bond donors (Lipinski definition) is 1. The topological polar surface area (TPSA) is 48.0 Å². The third-order valence-corrected chi connectivity index (χ3v) is 5.05.